The summed E-state index contributed by atoms with van der Waals surface area (Å²) in [5.41, 5.74) is 0.640. The van der Waals surface area contributed by atoms with Crippen molar-refractivity contribution in [2.75, 3.05) is 11.9 Å². The van der Waals surface area contributed by atoms with Gasteiger partial charge in [0, 0.05) is 5.56 Å². The van der Waals surface area contributed by atoms with Crippen LogP contribution in [0.2, 0.25) is 5.02 Å². The SMILES string of the molecule is CC.CCOC(=O)c1nn(C(C)(C)C)c(NC(=O)c2ccccc2Cl)c1C. The Morgan fingerprint density at radius 1 is 1.22 bits per heavy atom. The normalized spacial score (nSPS) is 10.7. The van der Waals surface area contributed by atoms with E-state index in [1.54, 1.807) is 42.8 Å². The topological polar surface area (TPSA) is 73.2 Å². The van der Waals surface area contributed by atoms with Gasteiger partial charge in [0.15, 0.2) is 5.69 Å². The van der Waals surface area contributed by atoms with E-state index in [1.807, 2.05) is 34.6 Å². The fourth-order valence-corrected chi connectivity index (χ4v) is 2.56. The van der Waals surface area contributed by atoms with Crippen LogP contribution in [-0.2, 0) is 10.3 Å². The predicted molar refractivity (Wildman–Crippen MR) is 109 cm³/mol. The number of aromatic nitrogens is 2. The van der Waals surface area contributed by atoms with Gasteiger partial charge in [0.25, 0.3) is 5.91 Å². The average Bonchev–Trinajstić information content (AvgIpc) is 2.94. The van der Waals surface area contributed by atoms with Crippen LogP contribution in [0, 0.1) is 6.92 Å². The molecule has 0 spiro atoms. The lowest BCUT2D eigenvalue weighted by molar-refractivity contribution is 0.0516. The van der Waals surface area contributed by atoms with Gasteiger partial charge in [0.2, 0.25) is 0 Å². The van der Waals surface area contributed by atoms with Crippen molar-refractivity contribution >= 4 is 29.3 Å². The zero-order chi connectivity index (χ0) is 20.8. The van der Waals surface area contributed by atoms with E-state index in [9.17, 15) is 9.59 Å². The second-order valence-corrected chi connectivity index (χ2v) is 6.97. The van der Waals surface area contributed by atoms with Gasteiger partial charge < -0.3 is 10.1 Å². The molecule has 0 saturated heterocycles. The number of esters is 1. The number of amides is 1. The number of nitrogens with zero attached hydrogens (tertiary/aromatic N) is 2. The van der Waals surface area contributed by atoms with E-state index in [2.05, 4.69) is 10.4 Å². The standard InChI is InChI=1S/C18H22ClN3O3.C2H6/c1-6-25-17(24)14-11(2)15(22(21-14)18(3,4)5)20-16(23)12-9-7-8-10-13(12)19;1-2/h7-10H,6H2,1-5H3,(H,20,23);1-2H3. The van der Waals surface area contributed by atoms with Gasteiger partial charge in [0.05, 0.1) is 22.7 Å². The minimum absolute atomic E-state index is 0.186. The number of hydrogen-bond donors (Lipinski definition) is 1. The molecule has 148 valence electrons. The van der Waals surface area contributed by atoms with Gasteiger partial charge in [-0.25, -0.2) is 9.48 Å². The van der Waals surface area contributed by atoms with Gasteiger partial charge in [-0.3, -0.25) is 4.79 Å². The minimum Gasteiger partial charge on any atom is -0.461 e. The van der Waals surface area contributed by atoms with Crippen LogP contribution in [-0.4, -0.2) is 28.3 Å². The minimum atomic E-state index is -0.517. The molecule has 2 rings (SSSR count). The Labute approximate surface area is 165 Å². The Balaban J connectivity index is 0.00000176. The van der Waals surface area contributed by atoms with Gasteiger partial charge in [-0.1, -0.05) is 37.6 Å². The van der Waals surface area contributed by atoms with E-state index in [0.29, 0.717) is 22.0 Å². The molecule has 1 aromatic heterocycles. The monoisotopic (exact) mass is 393 g/mol. The summed E-state index contributed by atoms with van der Waals surface area (Å²) in [6.07, 6.45) is 0. The van der Waals surface area contributed by atoms with E-state index in [0.717, 1.165) is 0 Å². The summed E-state index contributed by atoms with van der Waals surface area (Å²) in [5, 5.41) is 7.54. The second kappa shape index (κ2) is 9.55. The van der Waals surface area contributed by atoms with Crippen molar-refractivity contribution in [2.45, 2.75) is 54.0 Å². The molecule has 1 N–H and O–H groups in total. The number of anilines is 1. The van der Waals surface area contributed by atoms with Crippen molar-refractivity contribution < 1.29 is 14.3 Å². The van der Waals surface area contributed by atoms with Crippen LogP contribution in [0.15, 0.2) is 24.3 Å². The molecular formula is C20H28ClN3O3. The number of hydrogen-bond acceptors (Lipinski definition) is 4. The molecule has 0 saturated carbocycles. The van der Waals surface area contributed by atoms with Crippen LogP contribution >= 0.6 is 11.6 Å². The lowest BCUT2D eigenvalue weighted by atomic mass is 10.1. The molecule has 6 nitrogen and oxygen atoms in total. The number of nitrogens with one attached hydrogen (secondary N) is 1. The summed E-state index contributed by atoms with van der Waals surface area (Å²) >= 11 is 6.09. The lowest BCUT2D eigenvalue weighted by Crippen LogP contribution is -2.27. The van der Waals surface area contributed by atoms with Crippen LogP contribution in [0.1, 0.15) is 68.0 Å². The Morgan fingerprint density at radius 3 is 2.33 bits per heavy atom. The van der Waals surface area contributed by atoms with Crippen molar-refractivity contribution in [3.8, 4) is 0 Å². The molecule has 1 heterocycles. The highest BCUT2D eigenvalue weighted by atomic mass is 35.5. The van der Waals surface area contributed by atoms with Crippen LogP contribution < -0.4 is 5.32 Å². The molecule has 2 aromatic rings. The van der Waals surface area contributed by atoms with Gasteiger partial charge in [0.1, 0.15) is 5.82 Å². The van der Waals surface area contributed by atoms with Crippen molar-refractivity contribution in [1.82, 2.24) is 9.78 Å². The second-order valence-electron chi connectivity index (χ2n) is 6.56. The van der Waals surface area contributed by atoms with E-state index < -0.39 is 11.5 Å². The van der Waals surface area contributed by atoms with Crippen LogP contribution in [0.4, 0.5) is 5.82 Å². The lowest BCUT2D eigenvalue weighted by Gasteiger charge is -2.22. The fraction of sp³-hybridized carbons (Fsp3) is 0.450. The molecule has 0 radical (unpaired) electrons. The summed E-state index contributed by atoms with van der Waals surface area (Å²) in [5.74, 6) is -0.439. The summed E-state index contributed by atoms with van der Waals surface area (Å²) in [7, 11) is 0. The molecule has 0 aliphatic carbocycles. The Kier molecular flexibility index (Phi) is 8.03. The predicted octanol–water partition coefficient (Wildman–Crippen LogP) is 5.06. The highest BCUT2D eigenvalue weighted by Crippen LogP contribution is 2.28. The van der Waals surface area contributed by atoms with E-state index >= 15 is 0 Å². The quantitative estimate of drug-likeness (QED) is 0.737. The number of carbonyl (C=O) groups excluding carboxylic acids is 2. The largest absolute Gasteiger partial charge is 0.461 e. The van der Waals surface area contributed by atoms with E-state index in [4.69, 9.17) is 16.3 Å². The van der Waals surface area contributed by atoms with Crippen LogP contribution in [0.5, 0.6) is 0 Å². The molecular weight excluding hydrogens is 366 g/mol. The third kappa shape index (κ3) is 5.32. The molecule has 0 fully saturated rings. The average molecular weight is 394 g/mol. The third-order valence-electron chi connectivity index (χ3n) is 3.58. The molecule has 0 atom stereocenters. The third-order valence-corrected chi connectivity index (χ3v) is 3.91. The van der Waals surface area contributed by atoms with E-state index in [1.165, 1.54) is 0 Å². The Morgan fingerprint density at radius 2 is 1.81 bits per heavy atom. The maximum Gasteiger partial charge on any atom is 0.359 e. The number of rotatable bonds is 4. The molecule has 27 heavy (non-hydrogen) atoms. The summed E-state index contributed by atoms with van der Waals surface area (Å²) in [6.45, 7) is 13.5. The number of ether oxygens (including phenoxy) is 1. The van der Waals surface area contributed by atoms with Crippen molar-refractivity contribution in [3.05, 3.63) is 46.1 Å². The maximum absolute atomic E-state index is 12.6. The van der Waals surface area contributed by atoms with Crippen molar-refractivity contribution in [1.29, 1.82) is 0 Å². The first-order valence-electron chi connectivity index (χ1n) is 9.00. The van der Waals surface area contributed by atoms with Gasteiger partial charge in [-0.15, -0.1) is 0 Å². The Bertz CT molecular complexity index is 807. The summed E-state index contributed by atoms with van der Waals surface area (Å²) < 4.78 is 6.66. The zero-order valence-corrected chi connectivity index (χ0v) is 17.8. The summed E-state index contributed by atoms with van der Waals surface area (Å²) in [4.78, 5) is 24.8. The first-order chi connectivity index (χ1) is 12.7. The van der Waals surface area contributed by atoms with Crippen molar-refractivity contribution in [2.24, 2.45) is 0 Å². The number of carbonyl (C=O) groups is 2. The first kappa shape index (κ1) is 22.7. The molecule has 0 bridgehead atoms. The number of benzene rings is 1. The first-order valence-corrected chi connectivity index (χ1v) is 9.37. The Hall–Kier alpha value is -2.34. The molecule has 1 aromatic carbocycles. The maximum atomic E-state index is 12.6. The van der Waals surface area contributed by atoms with Crippen molar-refractivity contribution in [3.63, 3.8) is 0 Å². The molecule has 0 aliphatic rings. The number of halogens is 1. The van der Waals surface area contributed by atoms with Crippen LogP contribution in [0.25, 0.3) is 0 Å². The molecule has 7 heteroatoms. The molecule has 0 aliphatic heterocycles. The zero-order valence-electron chi connectivity index (χ0n) is 17.0. The highest BCUT2D eigenvalue weighted by molar-refractivity contribution is 6.34. The molecule has 1 amide bonds. The fourth-order valence-electron chi connectivity index (χ4n) is 2.34. The smallest absolute Gasteiger partial charge is 0.359 e. The summed E-state index contributed by atoms with van der Waals surface area (Å²) in [6, 6.07) is 6.77. The van der Waals surface area contributed by atoms with Gasteiger partial charge in [-0.2, -0.15) is 5.10 Å². The molecule has 0 unspecified atom stereocenters. The van der Waals surface area contributed by atoms with Gasteiger partial charge in [-0.05, 0) is 46.8 Å². The van der Waals surface area contributed by atoms with Crippen LogP contribution in [0.3, 0.4) is 0 Å². The van der Waals surface area contributed by atoms with Gasteiger partial charge >= 0.3 is 5.97 Å². The highest BCUT2D eigenvalue weighted by Gasteiger charge is 2.28. The van der Waals surface area contributed by atoms with E-state index in [-0.39, 0.29) is 18.2 Å².